The second-order valence-electron chi connectivity index (χ2n) is 8.08. The Morgan fingerprint density at radius 1 is 1.10 bits per heavy atom. The van der Waals surface area contributed by atoms with E-state index < -0.39 is 23.9 Å². The molecule has 3 rings (SSSR count). The number of benzene rings is 2. The maximum Gasteiger partial charge on any atom is 0.244 e. The molecular formula is C23H29N3O3. The number of nitrogens with one attached hydrogen (secondary N) is 2. The predicted molar refractivity (Wildman–Crippen MR) is 112 cm³/mol. The molecule has 0 aromatic heterocycles. The number of aliphatic hydroxyl groups is 1. The summed E-state index contributed by atoms with van der Waals surface area (Å²) in [4.78, 5) is 26.7. The van der Waals surface area contributed by atoms with Crippen molar-refractivity contribution >= 4 is 11.8 Å². The summed E-state index contributed by atoms with van der Waals surface area (Å²) < 4.78 is 0. The maximum absolute atomic E-state index is 13.2. The third kappa shape index (κ3) is 5.02. The Hall–Kier alpha value is -2.70. The molecule has 6 nitrogen and oxygen atoms in total. The molecule has 1 aliphatic rings. The van der Waals surface area contributed by atoms with Crippen molar-refractivity contribution in [3.63, 3.8) is 0 Å². The third-order valence-electron chi connectivity index (χ3n) is 5.34. The number of hydrogen-bond acceptors (Lipinski definition) is 4. The fourth-order valence-corrected chi connectivity index (χ4v) is 3.86. The first kappa shape index (κ1) is 21.0. The minimum Gasteiger partial charge on any atom is -0.389 e. The van der Waals surface area contributed by atoms with Crippen LogP contribution in [0.3, 0.4) is 0 Å². The first-order valence-electron chi connectivity index (χ1n) is 9.90. The van der Waals surface area contributed by atoms with Crippen molar-refractivity contribution in [2.24, 2.45) is 0 Å². The average molecular weight is 396 g/mol. The van der Waals surface area contributed by atoms with Crippen molar-refractivity contribution in [1.82, 2.24) is 15.5 Å². The van der Waals surface area contributed by atoms with Gasteiger partial charge in [-0.2, -0.15) is 0 Å². The van der Waals surface area contributed by atoms with Crippen LogP contribution in [-0.2, 0) is 22.6 Å². The number of hydrogen-bond donors (Lipinski definition) is 3. The maximum atomic E-state index is 13.2. The molecule has 0 aliphatic carbocycles. The molecule has 2 amide bonds. The summed E-state index contributed by atoms with van der Waals surface area (Å²) in [5.41, 5.74) is 1.39. The van der Waals surface area contributed by atoms with E-state index in [-0.39, 0.29) is 11.8 Å². The number of aliphatic hydroxyl groups excluding tert-OH is 1. The molecule has 1 fully saturated rings. The lowest BCUT2D eigenvalue weighted by atomic mass is 9.96. The van der Waals surface area contributed by atoms with Crippen molar-refractivity contribution in [3.8, 4) is 0 Å². The van der Waals surface area contributed by atoms with Crippen LogP contribution in [0.15, 0.2) is 60.7 Å². The number of nitrogens with zero attached hydrogens (tertiary/aromatic N) is 1. The summed E-state index contributed by atoms with van der Waals surface area (Å²) in [6.07, 6.45) is -0.627. The van der Waals surface area contributed by atoms with Crippen LogP contribution >= 0.6 is 0 Å². The largest absolute Gasteiger partial charge is 0.389 e. The highest BCUT2D eigenvalue weighted by molar-refractivity contribution is 5.86. The molecule has 154 valence electrons. The lowest BCUT2D eigenvalue weighted by Gasteiger charge is -2.31. The summed E-state index contributed by atoms with van der Waals surface area (Å²) in [6, 6.07) is 18.0. The van der Waals surface area contributed by atoms with E-state index in [0.717, 1.165) is 11.1 Å². The van der Waals surface area contributed by atoms with Crippen LogP contribution in [0, 0.1) is 0 Å². The molecule has 1 heterocycles. The van der Waals surface area contributed by atoms with Gasteiger partial charge in [0.1, 0.15) is 6.04 Å². The zero-order valence-corrected chi connectivity index (χ0v) is 17.1. The highest BCUT2D eigenvalue weighted by atomic mass is 16.3. The van der Waals surface area contributed by atoms with E-state index in [9.17, 15) is 14.7 Å². The second-order valence-corrected chi connectivity index (χ2v) is 8.08. The zero-order chi connectivity index (χ0) is 21.0. The first-order valence-corrected chi connectivity index (χ1v) is 9.90. The average Bonchev–Trinajstić information content (AvgIpc) is 2.92. The minimum atomic E-state index is -1.06. The van der Waals surface area contributed by atoms with Crippen LogP contribution in [0.5, 0.6) is 0 Å². The van der Waals surface area contributed by atoms with Crippen molar-refractivity contribution in [3.05, 3.63) is 71.8 Å². The van der Waals surface area contributed by atoms with E-state index in [2.05, 4.69) is 10.6 Å². The quantitative estimate of drug-likeness (QED) is 0.668. The van der Waals surface area contributed by atoms with Gasteiger partial charge in [-0.25, -0.2) is 0 Å². The molecule has 0 spiro atoms. The lowest BCUT2D eigenvalue weighted by Crippen LogP contribution is -2.55. The van der Waals surface area contributed by atoms with Crippen LogP contribution in [0.25, 0.3) is 0 Å². The van der Waals surface area contributed by atoms with E-state index in [1.54, 1.807) is 4.90 Å². The minimum absolute atomic E-state index is 0.172. The molecule has 2 aromatic rings. The normalized spacial score (nSPS) is 20.3. The smallest absolute Gasteiger partial charge is 0.244 e. The molecular weight excluding hydrogens is 366 g/mol. The van der Waals surface area contributed by atoms with Crippen LogP contribution in [0.2, 0.25) is 0 Å². The van der Waals surface area contributed by atoms with Gasteiger partial charge >= 0.3 is 0 Å². The Bertz CT molecular complexity index is 839. The monoisotopic (exact) mass is 395 g/mol. The van der Waals surface area contributed by atoms with Gasteiger partial charge in [-0.3, -0.25) is 14.9 Å². The molecule has 6 heteroatoms. The van der Waals surface area contributed by atoms with Gasteiger partial charge in [-0.15, -0.1) is 0 Å². The topological polar surface area (TPSA) is 81.7 Å². The summed E-state index contributed by atoms with van der Waals surface area (Å²) in [5.74, 6) is -0.411. The van der Waals surface area contributed by atoms with Crippen LogP contribution in [0.4, 0.5) is 0 Å². The fourth-order valence-electron chi connectivity index (χ4n) is 3.86. The molecule has 3 N–H and O–H groups in total. The predicted octanol–water partition coefficient (Wildman–Crippen LogP) is 1.83. The van der Waals surface area contributed by atoms with Crippen molar-refractivity contribution in [1.29, 1.82) is 0 Å². The van der Waals surface area contributed by atoms with Crippen LogP contribution in [0.1, 0.15) is 31.9 Å². The molecule has 0 radical (unpaired) electrons. The van der Waals surface area contributed by atoms with Gasteiger partial charge in [0.25, 0.3) is 0 Å². The van der Waals surface area contributed by atoms with E-state index in [4.69, 9.17) is 0 Å². The van der Waals surface area contributed by atoms with Crippen molar-refractivity contribution in [2.45, 2.75) is 57.6 Å². The Kier molecular flexibility index (Phi) is 6.35. The molecule has 2 unspecified atom stereocenters. The van der Waals surface area contributed by atoms with Gasteiger partial charge < -0.3 is 15.3 Å². The zero-order valence-electron chi connectivity index (χ0n) is 17.1. The van der Waals surface area contributed by atoms with Crippen LogP contribution < -0.4 is 10.6 Å². The second kappa shape index (κ2) is 8.76. The molecule has 0 bridgehead atoms. The third-order valence-corrected chi connectivity index (χ3v) is 5.34. The van der Waals surface area contributed by atoms with Gasteiger partial charge in [-0.1, -0.05) is 60.7 Å². The molecule has 1 saturated heterocycles. The van der Waals surface area contributed by atoms with E-state index >= 15 is 0 Å². The van der Waals surface area contributed by atoms with Gasteiger partial charge in [0.2, 0.25) is 11.8 Å². The highest BCUT2D eigenvalue weighted by Gasteiger charge is 2.48. The van der Waals surface area contributed by atoms with Crippen molar-refractivity contribution < 1.29 is 14.7 Å². The van der Waals surface area contributed by atoms with E-state index in [0.29, 0.717) is 13.0 Å². The van der Waals surface area contributed by atoms with E-state index in [1.165, 1.54) is 6.92 Å². The molecule has 1 aliphatic heterocycles. The summed E-state index contributed by atoms with van der Waals surface area (Å²) in [7, 11) is 0. The van der Waals surface area contributed by atoms with Gasteiger partial charge in [0.15, 0.2) is 0 Å². The summed E-state index contributed by atoms with van der Waals surface area (Å²) in [5, 5.41) is 17.2. The first-order chi connectivity index (χ1) is 13.8. The SMILES string of the molecule is CC(=O)N[C@@H](Cc1ccccc1)C(O)C1NC(C)(C)N(Cc2ccccc2)C1=O. The molecule has 3 atom stereocenters. The van der Waals surface area contributed by atoms with Gasteiger partial charge in [-0.05, 0) is 31.4 Å². The number of carbonyl (C=O) groups is 2. The Morgan fingerprint density at radius 3 is 2.21 bits per heavy atom. The number of carbonyl (C=O) groups excluding carboxylic acids is 2. The van der Waals surface area contributed by atoms with Crippen LogP contribution in [-0.4, -0.2) is 45.7 Å². The molecule has 0 saturated carbocycles. The fraction of sp³-hybridized carbons (Fsp3) is 0.391. The Labute approximate surface area is 171 Å². The highest BCUT2D eigenvalue weighted by Crippen LogP contribution is 2.26. The lowest BCUT2D eigenvalue weighted by molar-refractivity contribution is -0.134. The van der Waals surface area contributed by atoms with Gasteiger partial charge in [0, 0.05) is 13.5 Å². The standard InChI is InChI=1S/C23H29N3O3/c1-16(27)24-19(14-17-10-6-4-7-11-17)21(28)20-22(29)26(23(2,3)25-20)15-18-12-8-5-9-13-18/h4-13,19-21,25,28H,14-15H2,1-3H3,(H,24,27)/t19-,20?,21?/m0/s1. The van der Waals surface area contributed by atoms with E-state index in [1.807, 2.05) is 74.5 Å². The number of rotatable bonds is 7. The number of amides is 2. The Morgan fingerprint density at radius 2 is 1.66 bits per heavy atom. The molecule has 2 aromatic carbocycles. The van der Waals surface area contributed by atoms with Gasteiger partial charge in [0.05, 0.1) is 17.8 Å². The summed E-state index contributed by atoms with van der Waals surface area (Å²) in [6.45, 7) is 5.71. The Balaban J connectivity index is 1.79. The summed E-state index contributed by atoms with van der Waals surface area (Å²) >= 11 is 0. The molecule has 29 heavy (non-hydrogen) atoms. The van der Waals surface area contributed by atoms with Crippen molar-refractivity contribution in [2.75, 3.05) is 0 Å².